The number of hydrogen-bond donors (Lipinski definition) is 1. The van der Waals surface area contributed by atoms with Gasteiger partial charge in [-0.3, -0.25) is 4.98 Å². The van der Waals surface area contributed by atoms with Gasteiger partial charge >= 0.3 is 0 Å². The van der Waals surface area contributed by atoms with Crippen molar-refractivity contribution >= 4 is 17.3 Å². The van der Waals surface area contributed by atoms with Crippen molar-refractivity contribution in [2.45, 2.75) is 25.4 Å². The van der Waals surface area contributed by atoms with Crippen molar-refractivity contribution in [3.63, 3.8) is 0 Å². The Kier molecular flexibility index (Phi) is 6.11. The lowest BCUT2D eigenvalue weighted by Gasteiger charge is -2.29. The monoisotopic (exact) mass is 420 g/mol. The second-order valence-electron chi connectivity index (χ2n) is 7.97. The Morgan fingerprint density at radius 3 is 2.67 bits per heavy atom. The Morgan fingerprint density at radius 1 is 1.10 bits per heavy atom. The van der Waals surface area contributed by atoms with Crippen LogP contribution in [0, 0.1) is 6.92 Å². The first-order valence-electron chi connectivity index (χ1n) is 10.3. The topological polar surface area (TPSA) is 49.2 Å². The van der Waals surface area contributed by atoms with Crippen LogP contribution in [0.25, 0.3) is 5.82 Å². The van der Waals surface area contributed by atoms with Crippen LogP contribution in [-0.4, -0.2) is 56.6 Å². The predicted molar refractivity (Wildman–Crippen MR) is 124 cm³/mol. The third-order valence-corrected chi connectivity index (χ3v) is 5.78. The molecular weight excluding hydrogens is 392 g/mol. The van der Waals surface area contributed by atoms with Crippen LogP contribution >= 0.6 is 12.2 Å². The third-order valence-electron chi connectivity index (χ3n) is 5.43. The lowest BCUT2D eigenvalue weighted by Crippen LogP contribution is -2.33. The number of aromatic nitrogens is 3. The molecule has 0 spiro atoms. The van der Waals surface area contributed by atoms with E-state index in [2.05, 4.69) is 87.2 Å². The molecule has 1 aliphatic rings. The first kappa shape index (κ1) is 20.5. The van der Waals surface area contributed by atoms with E-state index in [1.54, 1.807) is 0 Å². The second-order valence-corrected chi connectivity index (χ2v) is 8.36. The van der Waals surface area contributed by atoms with Crippen LogP contribution in [0.4, 0.5) is 0 Å². The minimum Gasteiger partial charge on any atom is -0.352 e. The lowest BCUT2D eigenvalue weighted by molar-refractivity contribution is 0.286. The van der Waals surface area contributed by atoms with Gasteiger partial charge in [0, 0.05) is 30.8 Å². The van der Waals surface area contributed by atoms with Gasteiger partial charge in [-0.15, -0.1) is 0 Å². The summed E-state index contributed by atoms with van der Waals surface area (Å²) in [6.45, 7) is 3.95. The van der Waals surface area contributed by atoms with Gasteiger partial charge in [-0.05, 0) is 82.1 Å². The van der Waals surface area contributed by atoms with E-state index in [0.29, 0.717) is 0 Å². The molecule has 0 radical (unpaired) electrons. The molecule has 1 N–H and O–H groups in total. The molecule has 0 bridgehead atoms. The summed E-state index contributed by atoms with van der Waals surface area (Å²) in [5.74, 6) is 0.909. The van der Waals surface area contributed by atoms with Gasteiger partial charge < -0.3 is 19.7 Å². The van der Waals surface area contributed by atoms with Crippen molar-refractivity contribution in [1.29, 1.82) is 0 Å². The maximum atomic E-state index is 5.77. The van der Waals surface area contributed by atoms with E-state index in [1.807, 2.05) is 24.5 Å². The Labute approximate surface area is 183 Å². The van der Waals surface area contributed by atoms with Crippen molar-refractivity contribution in [2.24, 2.45) is 0 Å². The van der Waals surface area contributed by atoms with Crippen LogP contribution in [0.1, 0.15) is 35.5 Å². The van der Waals surface area contributed by atoms with Gasteiger partial charge in [0.25, 0.3) is 0 Å². The van der Waals surface area contributed by atoms with Crippen LogP contribution in [0.5, 0.6) is 0 Å². The summed E-state index contributed by atoms with van der Waals surface area (Å²) in [7, 11) is 4.20. The molecule has 3 aromatic heterocycles. The highest BCUT2D eigenvalue weighted by Gasteiger charge is 2.41. The Balaban J connectivity index is 1.73. The molecule has 1 saturated heterocycles. The van der Waals surface area contributed by atoms with E-state index in [-0.39, 0.29) is 12.1 Å². The molecule has 7 heteroatoms. The smallest absolute Gasteiger partial charge is 0.170 e. The number of aryl methyl sites for hydroxylation is 1. The fourth-order valence-corrected chi connectivity index (χ4v) is 4.30. The van der Waals surface area contributed by atoms with Crippen LogP contribution in [0.2, 0.25) is 0 Å². The standard InChI is InChI=1S/C23H28N6S/c1-17-10-11-20(25-16-17)28-14-6-9-19(28)22-21(18-8-4-5-12-24-18)26-23(30)29(22)15-7-13-27(2)3/h4-6,8-12,14,16,21-22H,7,13,15H2,1-3H3,(H,26,30)/t21-,22+/m0/s1. The normalized spacial score (nSPS) is 18.8. The van der Waals surface area contributed by atoms with Gasteiger partial charge in [-0.1, -0.05) is 12.1 Å². The summed E-state index contributed by atoms with van der Waals surface area (Å²) in [5, 5.41) is 4.31. The van der Waals surface area contributed by atoms with Crippen LogP contribution in [0.3, 0.4) is 0 Å². The Morgan fingerprint density at radius 2 is 1.97 bits per heavy atom. The number of nitrogens with zero attached hydrogens (tertiary/aromatic N) is 5. The predicted octanol–water partition coefficient (Wildman–Crippen LogP) is 3.50. The van der Waals surface area contributed by atoms with Crippen molar-refractivity contribution in [3.05, 3.63) is 78.0 Å². The van der Waals surface area contributed by atoms with E-state index < -0.39 is 0 Å². The molecule has 0 unspecified atom stereocenters. The molecule has 156 valence electrons. The summed E-state index contributed by atoms with van der Waals surface area (Å²) in [4.78, 5) is 13.8. The first-order valence-corrected chi connectivity index (χ1v) is 10.7. The van der Waals surface area contributed by atoms with E-state index in [1.165, 1.54) is 0 Å². The SMILES string of the molecule is Cc1ccc(-n2cccc2[C@@H]2[C@H](c3ccccn3)NC(=S)N2CCCN(C)C)nc1. The molecule has 30 heavy (non-hydrogen) atoms. The van der Waals surface area contributed by atoms with Crippen molar-refractivity contribution < 1.29 is 0 Å². The first-order chi connectivity index (χ1) is 14.5. The Bertz CT molecular complexity index is 982. The molecule has 0 amide bonds. The summed E-state index contributed by atoms with van der Waals surface area (Å²) in [6, 6.07) is 14.4. The molecule has 4 rings (SSSR count). The van der Waals surface area contributed by atoms with Gasteiger partial charge in [0.05, 0.1) is 17.8 Å². The zero-order valence-electron chi connectivity index (χ0n) is 17.7. The molecule has 0 aliphatic carbocycles. The largest absolute Gasteiger partial charge is 0.352 e. The molecule has 4 heterocycles. The van der Waals surface area contributed by atoms with Gasteiger partial charge in [-0.25, -0.2) is 4.98 Å². The lowest BCUT2D eigenvalue weighted by atomic mass is 10.0. The van der Waals surface area contributed by atoms with Gasteiger partial charge in [0.15, 0.2) is 5.11 Å². The Hall–Kier alpha value is -2.77. The van der Waals surface area contributed by atoms with Crippen LogP contribution in [-0.2, 0) is 0 Å². The minimum absolute atomic E-state index is 0.0165. The molecular formula is C23H28N6S. The van der Waals surface area contributed by atoms with Gasteiger partial charge in [0.1, 0.15) is 5.82 Å². The quantitative estimate of drug-likeness (QED) is 0.591. The van der Waals surface area contributed by atoms with Crippen LogP contribution < -0.4 is 5.32 Å². The average Bonchev–Trinajstić information content (AvgIpc) is 3.34. The molecule has 1 aliphatic heterocycles. The minimum atomic E-state index is -0.0165. The highest BCUT2D eigenvalue weighted by Crippen LogP contribution is 2.39. The zero-order valence-corrected chi connectivity index (χ0v) is 18.5. The van der Waals surface area contributed by atoms with Crippen LogP contribution in [0.15, 0.2) is 61.1 Å². The van der Waals surface area contributed by atoms with Crippen molar-refractivity contribution in [3.8, 4) is 5.82 Å². The molecule has 0 saturated carbocycles. The molecule has 0 aromatic carbocycles. The second kappa shape index (κ2) is 8.93. The number of thiocarbonyl (C=S) groups is 1. The molecule has 3 aromatic rings. The van der Waals surface area contributed by atoms with E-state index in [0.717, 1.165) is 47.4 Å². The number of pyridine rings is 2. The van der Waals surface area contributed by atoms with Crippen molar-refractivity contribution in [2.75, 3.05) is 27.2 Å². The maximum absolute atomic E-state index is 5.77. The summed E-state index contributed by atoms with van der Waals surface area (Å²) >= 11 is 5.77. The average molecular weight is 421 g/mol. The molecule has 2 atom stereocenters. The highest BCUT2D eigenvalue weighted by molar-refractivity contribution is 7.80. The number of nitrogens with one attached hydrogen (secondary N) is 1. The maximum Gasteiger partial charge on any atom is 0.170 e. The zero-order chi connectivity index (χ0) is 21.1. The summed E-state index contributed by atoms with van der Waals surface area (Å²) in [6.07, 6.45) is 6.85. The number of hydrogen-bond acceptors (Lipinski definition) is 4. The fourth-order valence-electron chi connectivity index (χ4n) is 3.97. The highest BCUT2D eigenvalue weighted by atomic mass is 32.1. The van der Waals surface area contributed by atoms with Gasteiger partial charge in [-0.2, -0.15) is 0 Å². The van der Waals surface area contributed by atoms with Gasteiger partial charge in [0.2, 0.25) is 0 Å². The summed E-state index contributed by atoms with van der Waals surface area (Å²) < 4.78 is 2.16. The van der Waals surface area contributed by atoms with E-state index in [9.17, 15) is 0 Å². The van der Waals surface area contributed by atoms with Crippen molar-refractivity contribution in [1.82, 2.24) is 29.7 Å². The van der Waals surface area contributed by atoms with E-state index >= 15 is 0 Å². The molecule has 6 nitrogen and oxygen atoms in total. The summed E-state index contributed by atoms with van der Waals surface area (Å²) in [5.41, 5.74) is 3.29. The fraction of sp³-hybridized carbons (Fsp3) is 0.348. The number of rotatable bonds is 7. The van der Waals surface area contributed by atoms with E-state index in [4.69, 9.17) is 12.2 Å². The molecule has 1 fully saturated rings. The third kappa shape index (κ3) is 4.22.